The molecule has 1 unspecified atom stereocenters. The summed E-state index contributed by atoms with van der Waals surface area (Å²) in [5.41, 5.74) is 4.31. The van der Waals surface area contributed by atoms with Crippen LogP contribution in [0, 0.1) is 0 Å². The molecule has 0 saturated heterocycles. The number of nitrogens with one attached hydrogen (secondary N) is 1. The number of fused-ring (bicyclic) bond motifs is 1. The normalized spacial score (nSPS) is 15.9. The molecule has 1 amide bonds. The van der Waals surface area contributed by atoms with Crippen LogP contribution in [0.25, 0.3) is 0 Å². The van der Waals surface area contributed by atoms with Crippen LogP contribution in [-0.4, -0.2) is 51.2 Å². The summed E-state index contributed by atoms with van der Waals surface area (Å²) >= 11 is 6.36. The molecule has 0 saturated carbocycles. The zero-order valence-electron chi connectivity index (χ0n) is 18.7. The lowest BCUT2D eigenvalue weighted by molar-refractivity contribution is 0.0695. The summed E-state index contributed by atoms with van der Waals surface area (Å²) in [6, 6.07) is 19.5. The quantitative estimate of drug-likeness (QED) is 0.583. The van der Waals surface area contributed by atoms with E-state index in [2.05, 4.69) is 11.4 Å². The molecule has 0 bridgehead atoms. The number of hydrogen-bond acceptors (Lipinski definition) is 4. The minimum atomic E-state index is -3.66. The molecule has 0 spiro atoms. The third-order valence-corrected chi connectivity index (χ3v) is 8.03. The summed E-state index contributed by atoms with van der Waals surface area (Å²) in [5, 5.41) is 3.79. The molecule has 1 aliphatic rings. The molecular formula is C25H26ClN3O3S. The molecular weight excluding hydrogens is 458 g/mol. The Labute approximate surface area is 199 Å². The van der Waals surface area contributed by atoms with Crippen molar-refractivity contribution in [2.45, 2.75) is 17.4 Å². The molecule has 1 heterocycles. The fourth-order valence-electron chi connectivity index (χ4n) is 4.27. The highest BCUT2D eigenvalue weighted by atomic mass is 35.5. The maximum atomic E-state index is 13.8. The van der Waals surface area contributed by atoms with Crippen LogP contribution in [-0.2, 0) is 16.4 Å². The summed E-state index contributed by atoms with van der Waals surface area (Å²) < 4.78 is 26.4. The first-order valence-corrected chi connectivity index (χ1v) is 12.4. The molecule has 1 N–H and O–H groups in total. The van der Waals surface area contributed by atoms with Gasteiger partial charge >= 0.3 is 0 Å². The van der Waals surface area contributed by atoms with Crippen molar-refractivity contribution in [3.05, 3.63) is 94.0 Å². The molecule has 172 valence electrons. The van der Waals surface area contributed by atoms with Crippen molar-refractivity contribution in [2.75, 3.05) is 33.0 Å². The van der Waals surface area contributed by atoms with Crippen LogP contribution in [0.3, 0.4) is 0 Å². The van der Waals surface area contributed by atoms with E-state index < -0.39 is 10.0 Å². The molecule has 0 radical (unpaired) electrons. The minimum Gasteiger partial charge on any atom is -0.388 e. The third kappa shape index (κ3) is 4.36. The first-order chi connectivity index (χ1) is 15.7. The van der Waals surface area contributed by atoms with Crippen molar-refractivity contribution >= 4 is 33.2 Å². The Morgan fingerprint density at radius 1 is 1.03 bits per heavy atom. The van der Waals surface area contributed by atoms with Crippen LogP contribution < -0.4 is 5.32 Å². The monoisotopic (exact) mass is 483 g/mol. The van der Waals surface area contributed by atoms with E-state index in [0.717, 1.165) is 21.1 Å². The number of sulfonamides is 1. The number of nitrogens with zero attached hydrogens (tertiary/aromatic N) is 2. The Bertz CT molecular complexity index is 1310. The van der Waals surface area contributed by atoms with Gasteiger partial charge in [-0.1, -0.05) is 41.9 Å². The second kappa shape index (κ2) is 9.17. The molecule has 0 aromatic heterocycles. The number of carbonyl (C=O) groups is 1. The van der Waals surface area contributed by atoms with Gasteiger partial charge in [0, 0.05) is 49.5 Å². The van der Waals surface area contributed by atoms with Crippen LogP contribution in [0.15, 0.2) is 71.6 Å². The topological polar surface area (TPSA) is 69.7 Å². The van der Waals surface area contributed by atoms with Gasteiger partial charge in [-0.3, -0.25) is 4.79 Å². The molecule has 3 aromatic carbocycles. The van der Waals surface area contributed by atoms with E-state index in [-0.39, 0.29) is 16.8 Å². The van der Waals surface area contributed by atoms with E-state index in [1.807, 2.05) is 43.4 Å². The molecule has 4 rings (SSSR count). The number of amides is 1. The molecule has 33 heavy (non-hydrogen) atoms. The van der Waals surface area contributed by atoms with Crippen LogP contribution in [0.2, 0.25) is 5.02 Å². The molecule has 0 fully saturated rings. The van der Waals surface area contributed by atoms with Crippen LogP contribution in [0.1, 0.15) is 33.1 Å². The Balaban J connectivity index is 1.84. The predicted octanol–water partition coefficient (Wildman–Crippen LogP) is 4.42. The standard InChI is InChI=1S/C25H26ClN3O3S/c1-27-23-12-11-19(26)16-22(23)24-21-10-5-4-7-17(21)13-14-29(24)25(30)18-8-6-9-20(15-18)33(31,32)28(2)3/h4-12,15-16,24,27H,13-14H2,1-3H3. The highest BCUT2D eigenvalue weighted by Gasteiger charge is 2.34. The SMILES string of the molecule is CNc1ccc(Cl)cc1C1c2ccccc2CCN1C(=O)c1cccc(S(=O)(=O)N(C)C)c1. The average molecular weight is 484 g/mol. The lowest BCUT2D eigenvalue weighted by atomic mass is 9.87. The molecule has 1 atom stereocenters. The maximum absolute atomic E-state index is 13.8. The van der Waals surface area contributed by atoms with E-state index in [4.69, 9.17) is 11.6 Å². The van der Waals surface area contributed by atoms with E-state index in [1.165, 1.54) is 31.8 Å². The summed E-state index contributed by atoms with van der Waals surface area (Å²) in [4.78, 5) is 15.7. The highest BCUT2D eigenvalue weighted by Crippen LogP contribution is 2.40. The fourth-order valence-corrected chi connectivity index (χ4v) is 5.40. The van der Waals surface area contributed by atoms with Gasteiger partial charge in [-0.2, -0.15) is 0 Å². The maximum Gasteiger partial charge on any atom is 0.254 e. The smallest absolute Gasteiger partial charge is 0.254 e. The van der Waals surface area contributed by atoms with E-state index >= 15 is 0 Å². The number of benzene rings is 3. The van der Waals surface area contributed by atoms with E-state index in [9.17, 15) is 13.2 Å². The molecule has 0 aliphatic carbocycles. The number of rotatable bonds is 5. The van der Waals surface area contributed by atoms with Crippen molar-refractivity contribution in [3.8, 4) is 0 Å². The van der Waals surface area contributed by atoms with Crippen molar-refractivity contribution in [2.24, 2.45) is 0 Å². The molecule has 8 heteroatoms. The summed E-state index contributed by atoms with van der Waals surface area (Å²) in [7, 11) is 1.12. The Morgan fingerprint density at radius 2 is 1.79 bits per heavy atom. The van der Waals surface area contributed by atoms with E-state index in [0.29, 0.717) is 23.6 Å². The van der Waals surface area contributed by atoms with Gasteiger partial charge in [-0.25, -0.2) is 12.7 Å². The second-order valence-electron chi connectivity index (χ2n) is 8.15. The van der Waals surface area contributed by atoms with Gasteiger partial charge in [0.05, 0.1) is 10.9 Å². The summed E-state index contributed by atoms with van der Waals surface area (Å²) in [6.07, 6.45) is 0.712. The number of carbonyl (C=O) groups excluding carboxylic acids is 1. The predicted molar refractivity (Wildman–Crippen MR) is 131 cm³/mol. The van der Waals surface area contributed by atoms with Crippen molar-refractivity contribution in [1.82, 2.24) is 9.21 Å². The first kappa shape index (κ1) is 23.3. The van der Waals surface area contributed by atoms with Gasteiger partial charge < -0.3 is 10.2 Å². The molecule has 1 aliphatic heterocycles. The highest BCUT2D eigenvalue weighted by molar-refractivity contribution is 7.89. The number of hydrogen-bond donors (Lipinski definition) is 1. The molecule has 3 aromatic rings. The van der Waals surface area contributed by atoms with Gasteiger partial charge in [0.2, 0.25) is 10.0 Å². The van der Waals surface area contributed by atoms with Gasteiger partial charge in [-0.15, -0.1) is 0 Å². The van der Waals surface area contributed by atoms with Gasteiger partial charge in [0.25, 0.3) is 5.91 Å². The zero-order valence-corrected chi connectivity index (χ0v) is 20.3. The van der Waals surface area contributed by atoms with Crippen molar-refractivity contribution in [3.63, 3.8) is 0 Å². The van der Waals surface area contributed by atoms with Gasteiger partial charge in [0.15, 0.2) is 0 Å². The van der Waals surface area contributed by atoms with Crippen LogP contribution in [0.4, 0.5) is 5.69 Å². The van der Waals surface area contributed by atoms with Crippen LogP contribution in [0.5, 0.6) is 0 Å². The lowest BCUT2D eigenvalue weighted by Crippen LogP contribution is -2.41. The molecule has 6 nitrogen and oxygen atoms in total. The summed E-state index contributed by atoms with van der Waals surface area (Å²) in [6.45, 7) is 0.501. The summed E-state index contributed by atoms with van der Waals surface area (Å²) in [5.74, 6) is -0.229. The van der Waals surface area contributed by atoms with Crippen molar-refractivity contribution < 1.29 is 13.2 Å². The number of anilines is 1. The lowest BCUT2D eigenvalue weighted by Gasteiger charge is -2.38. The Morgan fingerprint density at radius 3 is 2.52 bits per heavy atom. The average Bonchev–Trinajstić information content (AvgIpc) is 2.82. The van der Waals surface area contributed by atoms with E-state index in [1.54, 1.807) is 17.0 Å². The Hall–Kier alpha value is -2.87. The zero-order chi connectivity index (χ0) is 23.8. The van der Waals surface area contributed by atoms with Gasteiger partial charge in [0.1, 0.15) is 0 Å². The first-order valence-electron chi connectivity index (χ1n) is 10.6. The minimum absolute atomic E-state index is 0.0889. The van der Waals surface area contributed by atoms with Crippen molar-refractivity contribution in [1.29, 1.82) is 0 Å². The second-order valence-corrected chi connectivity index (χ2v) is 10.7. The van der Waals surface area contributed by atoms with Gasteiger partial charge in [-0.05, 0) is 53.9 Å². The number of halogens is 1. The fraction of sp³-hybridized carbons (Fsp3) is 0.240. The Kier molecular flexibility index (Phi) is 6.47. The largest absolute Gasteiger partial charge is 0.388 e. The third-order valence-electron chi connectivity index (χ3n) is 5.98. The van der Waals surface area contributed by atoms with Crippen LogP contribution >= 0.6 is 11.6 Å².